The second-order valence-corrected chi connectivity index (χ2v) is 11.7. The van der Waals surface area contributed by atoms with E-state index in [1.165, 1.54) is 23.4 Å². The molecule has 9 nitrogen and oxygen atoms in total. The SMILES string of the molecule is O=C1CCC(Nc2ccc(C3CCNCC3)nc2)C(=O)N1N1CCCC(Oc2ccc(C3CCNCC3)cc2)C1. The zero-order chi connectivity index (χ0) is 27.3. The van der Waals surface area contributed by atoms with E-state index in [1.54, 1.807) is 0 Å². The van der Waals surface area contributed by atoms with E-state index in [-0.39, 0.29) is 17.9 Å². The standard InChI is InChI=1S/C31H42N6O3/c38-30-10-9-29(35-25-5-8-28(34-20-25)24-13-17-33-18-14-24)31(39)37(30)36-19-1-2-27(21-36)40-26-6-3-22(4-7-26)23-11-15-32-16-12-23/h3-8,20,23-24,27,29,32-33,35H,1-2,9-19,21H2. The minimum atomic E-state index is -0.451. The predicted molar refractivity (Wildman–Crippen MR) is 154 cm³/mol. The number of amides is 2. The summed E-state index contributed by atoms with van der Waals surface area (Å²) in [5.74, 6) is 1.63. The van der Waals surface area contributed by atoms with Crippen LogP contribution in [0, 0.1) is 0 Å². The Hall–Kier alpha value is -3.01. The van der Waals surface area contributed by atoms with Gasteiger partial charge in [0.05, 0.1) is 18.4 Å². The van der Waals surface area contributed by atoms with E-state index in [9.17, 15) is 9.59 Å². The molecule has 4 fully saturated rings. The Morgan fingerprint density at radius 3 is 2.27 bits per heavy atom. The highest BCUT2D eigenvalue weighted by molar-refractivity contribution is 6.01. The maximum absolute atomic E-state index is 13.5. The van der Waals surface area contributed by atoms with E-state index in [0.717, 1.165) is 69.0 Å². The number of hydrogen-bond donors (Lipinski definition) is 3. The minimum Gasteiger partial charge on any atom is -0.489 e. The number of benzene rings is 1. The molecular formula is C31H42N6O3. The van der Waals surface area contributed by atoms with Gasteiger partial charge in [-0.05, 0) is 107 Å². The lowest BCUT2D eigenvalue weighted by molar-refractivity contribution is -0.173. The number of pyridine rings is 1. The van der Waals surface area contributed by atoms with Crippen LogP contribution in [0.25, 0.3) is 0 Å². The van der Waals surface area contributed by atoms with E-state index in [1.807, 2.05) is 17.3 Å². The molecule has 9 heteroatoms. The minimum absolute atomic E-state index is 0.0702. The quantitative estimate of drug-likeness (QED) is 0.455. The lowest BCUT2D eigenvalue weighted by Crippen LogP contribution is -2.61. The van der Waals surface area contributed by atoms with Gasteiger partial charge in [-0.15, -0.1) is 0 Å². The number of carbonyl (C=O) groups is 2. The van der Waals surface area contributed by atoms with E-state index >= 15 is 0 Å². The third kappa shape index (κ3) is 6.32. The first-order valence-corrected chi connectivity index (χ1v) is 15.2. The van der Waals surface area contributed by atoms with Crippen LogP contribution >= 0.6 is 0 Å². The van der Waals surface area contributed by atoms with Gasteiger partial charge in [0.2, 0.25) is 5.91 Å². The summed E-state index contributed by atoms with van der Waals surface area (Å²) in [6.07, 6.45) is 8.90. The molecule has 0 bridgehead atoms. The highest BCUT2D eigenvalue weighted by Crippen LogP contribution is 2.29. The molecule has 2 aromatic rings. The molecule has 2 amide bonds. The third-order valence-electron chi connectivity index (χ3n) is 8.91. The van der Waals surface area contributed by atoms with Crippen LogP contribution in [0.4, 0.5) is 5.69 Å². The van der Waals surface area contributed by atoms with Crippen LogP contribution < -0.4 is 20.7 Å². The number of nitrogens with one attached hydrogen (secondary N) is 3. The number of ether oxygens (including phenoxy) is 1. The molecule has 6 rings (SSSR count). The maximum atomic E-state index is 13.5. The Morgan fingerprint density at radius 1 is 0.850 bits per heavy atom. The molecule has 1 aromatic heterocycles. The zero-order valence-corrected chi connectivity index (χ0v) is 23.3. The zero-order valence-electron chi connectivity index (χ0n) is 23.3. The van der Waals surface area contributed by atoms with Gasteiger partial charge in [0, 0.05) is 24.6 Å². The number of hydrogen-bond acceptors (Lipinski definition) is 8. The molecule has 5 heterocycles. The maximum Gasteiger partial charge on any atom is 0.266 e. The number of rotatable bonds is 7. The third-order valence-corrected chi connectivity index (χ3v) is 8.91. The largest absolute Gasteiger partial charge is 0.489 e. The molecule has 0 aliphatic carbocycles. The number of carbonyl (C=O) groups excluding carboxylic acids is 2. The fraction of sp³-hybridized carbons (Fsp3) is 0.581. The van der Waals surface area contributed by atoms with Crippen LogP contribution in [0.1, 0.15) is 74.5 Å². The fourth-order valence-electron chi connectivity index (χ4n) is 6.61. The summed E-state index contributed by atoms with van der Waals surface area (Å²) >= 11 is 0. The van der Waals surface area contributed by atoms with Gasteiger partial charge in [-0.1, -0.05) is 12.1 Å². The van der Waals surface area contributed by atoms with Crippen molar-refractivity contribution in [1.29, 1.82) is 0 Å². The number of piperidine rings is 4. The Labute approximate surface area is 237 Å². The van der Waals surface area contributed by atoms with Gasteiger partial charge < -0.3 is 20.7 Å². The Morgan fingerprint density at radius 2 is 1.57 bits per heavy atom. The van der Waals surface area contributed by atoms with E-state index < -0.39 is 6.04 Å². The first-order valence-electron chi connectivity index (χ1n) is 15.2. The van der Waals surface area contributed by atoms with Crippen LogP contribution in [0.15, 0.2) is 42.6 Å². The topological polar surface area (TPSA) is 98.8 Å². The van der Waals surface area contributed by atoms with Crippen molar-refractivity contribution in [2.75, 3.05) is 44.6 Å². The monoisotopic (exact) mass is 546 g/mol. The molecule has 0 spiro atoms. The lowest BCUT2D eigenvalue weighted by atomic mass is 9.90. The molecule has 0 saturated carbocycles. The number of anilines is 1. The molecular weight excluding hydrogens is 504 g/mol. The van der Waals surface area contributed by atoms with E-state index in [2.05, 4.69) is 51.3 Å². The van der Waals surface area contributed by atoms with Gasteiger partial charge in [0.15, 0.2) is 0 Å². The molecule has 214 valence electrons. The van der Waals surface area contributed by atoms with Crippen molar-refractivity contribution in [2.24, 2.45) is 0 Å². The second kappa shape index (κ2) is 12.7. The second-order valence-electron chi connectivity index (χ2n) is 11.7. The van der Waals surface area contributed by atoms with Crippen molar-refractivity contribution >= 4 is 17.5 Å². The van der Waals surface area contributed by atoms with E-state index in [4.69, 9.17) is 4.74 Å². The number of aromatic nitrogens is 1. The molecule has 4 aliphatic rings. The average Bonchev–Trinajstić information content (AvgIpc) is 3.01. The molecule has 3 N–H and O–H groups in total. The fourth-order valence-corrected chi connectivity index (χ4v) is 6.61. The molecule has 4 saturated heterocycles. The van der Waals surface area contributed by atoms with Gasteiger partial charge in [-0.2, -0.15) is 0 Å². The summed E-state index contributed by atoms with van der Waals surface area (Å²) < 4.78 is 6.34. The highest BCUT2D eigenvalue weighted by Gasteiger charge is 2.40. The van der Waals surface area contributed by atoms with E-state index in [0.29, 0.717) is 37.8 Å². The van der Waals surface area contributed by atoms with Crippen molar-refractivity contribution < 1.29 is 14.3 Å². The first-order chi connectivity index (χ1) is 19.6. The van der Waals surface area contributed by atoms with Crippen molar-refractivity contribution in [2.45, 2.75) is 75.3 Å². The number of nitrogens with zero attached hydrogens (tertiary/aromatic N) is 3. The smallest absolute Gasteiger partial charge is 0.266 e. The summed E-state index contributed by atoms with van der Waals surface area (Å²) in [7, 11) is 0. The number of imide groups is 1. The van der Waals surface area contributed by atoms with Crippen molar-refractivity contribution in [1.82, 2.24) is 25.6 Å². The Balaban J connectivity index is 1.05. The Bertz CT molecular complexity index is 1140. The first kappa shape index (κ1) is 27.2. The molecule has 2 atom stereocenters. The lowest BCUT2D eigenvalue weighted by Gasteiger charge is -2.42. The average molecular weight is 547 g/mol. The summed E-state index contributed by atoms with van der Waals surface area (Å²) in [5.41, 5.74) is 3.30. The summed E-state index contributed by atoms with van der Waals surface area (Å²) in [5, 5.41) is 13.5. The summed E-state index contributed by atoms with van der Waals surface area (Å²) in [6, 6.07) is 12.1. The van der Waals surface area contributed by atoms with Crippen molar-refractivity contribution in [3.8, 4) is 5.75 Å². The van der Waals surface area contributed by atoms with Crippen LogP contribution in [0.5, 0.6) is 5.75 Å². The molecule has 1 aromatic carbocycles. The van der Waals surface area contributed by atoms with Gasteiger partial charge in [0.1, 0.15) is 17.9 Å². The Kier molecular flexibility index (Phi) is 8.60. The normalized spacial score (nSPS) is 25.6. The van der Waals surface area contributed by atoms with Gasteiger partial charge >= 0.3 is 0 Å². The van der Waals surface area contributed by atoms with Crippen molar-refractivity contribution in [3.63, 3.8) is 0 Å². The molecule has 40 heavy (non-hydrogen) atoms. The molecule has 0 radical (unpaired) electrons. The van der Waals surface area contributed by atoms with Crippen LogP contribution in [0.2, 0.25) is 0 Å². The summed E-state index contributed by atoms with van der Waals surface area (Å²) in [6.45, 7) is 5.40. The van der Waals surface area contributed by atoms with Crippen LogP contribution in [0.3, 0.4) is 0 Å². The van der Waals surface area contributed by atoms with Crippen LogP contribution in [-0.2, 0) is 9.59 Å². The molecule has 2 unspecified atom stereocenters. The van der Waals surface area contributed by atoms with Gasteiger partial charge in [-0.3, -0.25) is 14.6 Å². The van der Waals surface area contributed by atoms with Gasteiger partial charge in [-0.25, -0.2) is 10.0 Å². The van der Waals surface area contributed by atoms with Crippen LogP contribution in [-0.4, -0.2) is 78.2 Å². The molecule has 4 aliphatic heterocycles. The number of hydrazine groups is 1. The predicted octanol–water partition coefficient (Wildman–Crippen LogP) is 3.40. The van der Waals surface area contributed by atoms with Gasteiger partial charge in [0.25, 0.3) is 5.91 Å². The highest BCUT2D eigenvalue weighted by atomic mass is 16.5. The van der Waals surface area contributed by atoms with Crippen molar-refractivity contribution in [3.05, 3.63) is 53.9 Å². The summed E-state index contributed by atoms with van der Waals surface area (Å²) in [4.78, 5) is 31.2.